The third-order valence-electron chi connectivity index (χ3n) is 4.29. The van der Waals surface area contributed by atoms with Crippen LogP contribution in [0.2, 0.25) is 0 Å². The lowest BCUT2D eigenvalue weighted by Crippen LogP contribution is -2.35. The van der Waals surface area contributed by atoms with Gasteiger partial charge in [0.05, 0.1) is 7.11 Å². The fourth-order valence-electron chi connectivity index (χ4n) is 2.74. The number of methoxy groups -OCH3 is 1. The molecule has 2 heteroatoms. The smallest absolute Gasteiger partial charge is 0.124 e. The van der Waals surface area contributed by atoms with Crippen LogP contribution in [0.3, 0.4) is 0 Å². The lowest BCUT2D eigenvalue weighted by molar-refractivity contribution is 0.228. The first-order valence-corrected chi connectivity index (χ1v) is 7.75. The summed E-state index contributed by atoms with van der Waals surface area (Å²) in [6, 6.07) is 4.72. The standard InChI is InChI=1S/C18H31NO/c1-8-10-19-17(18(5,6)9-2)16-14(4)11-13(3)12-15(16)20-7/h11-12,17,19H,8-10H2,1-7H3. The van der Waals surface area contributed by atoms with Gasteiger partial charge in [-0.15, -0.1) is 0 Å². The molecule has 0 aliphatic carbocycles. The van der Waals surface area contributed by atoms with Crippen molar-refractivity contribution in [3.8, 4) is 5.75 Å². The van der Waals surface area contributed by atoms with Gasteiger partial charge in [-0.2, -0.15) is 0 Å². The summed E-state index contributed by atoms with van der Waals surface area (Å²) in [5.41, 5.74) is 4.09. The average molecular weight is 277 g/mol. The average Bonchev–Trinajstić information content (AvgIpc) is 2.40. The Balaban J connectivity index is 3.33. The Morgan fingerprint density at radius 1 is 1.20 bits per heavy atom. The summed E-state index contributed by atoms with van der Waals surface area (Å²) in [4.78, 5) is 0. The molecule has 2 nitrogen and oxygen atoms in total. The molecule has 0 aliphatic rings. The Bertz CT molecular complexity index is 437. The summed E-state index contributed by atoms with van der Waals surface area (Å²) in [5, 5.41) is 3.73. The first-order chi connectivity index (χ1) is 9.37. The van der Waals surface area contributed by atoms with Crippen LogP contribution >= 0.6 is 0 Å². The Labute approximate surface area is 124 Å². The maximum Gasteiger partial charge on any atom is 0.124 e. The van der Waals surface area contributed by atoms with Crippen molar-refractivity contribution in [3.05, 3.63) is 28.8 Å². The van der Waals surface area contributed by atoms with Crippen molar-refractivity contribution >= 4 is 0 Å². The van der Waals surface area contributed by atoms with Crippen molar-refractivity contribution in [2.24, 2.45) is 5.41 Å². The molecule has 0 saturated carbocycles. The number of ether oxygens (including phenoxy) is 1. The molecule has 0 radical (unpaired) electrons. The van der Waals surface area contributed by atoms with Gasteiger partial charge in [0.2, 0.25) is 0 Å². The van der Waals surface area contributed by atoms with Crippen LogP contribution in [-0.4, -0.2) is 13.7 Å². The molecule has 1 rings (SSSR count). The molecule has 0 fully saturated rings. The summed E-state index contributed by atoms with van der Waals surface area (Å²) in [7, 11) is 1.77. The third-order valence-corrected chi connectivity index (χ3v) is 4.29. The molecule has 0 amide bonds. The number of benzene rings is 1. The normalized spacial score (nSPS) is 13.3. The van der Waals surface area contributed by atoms with E-state index in [9.17, 15) is 0 Å². The Hall–Kier alpha value is -1.02. The molecule has 0 heterocycles. The van der Waals surface area contributed by atoms with Gasteiger partial charge in [0, 0.05) is 11.6 Å². The highest BCUT2D eigenvalue weighted by Crippen LogP contribution is 2.42. The van der Waals surface area contributed by atoms with Crippen LogP contribution in [0.5, 0.6) is 5.75 Å². The lowest BCUT2D eigenvalue weighted by atomic mass is 9.76. The van der Waals surface area contributed by atoms with Crippen molar-refractivity contribution in [1.82, 2.24) is 5.32 Å². The van der Waals surface area contributed by atoms with E-state index in [2.05, 4.69) is 59.0 Å². The Morgan fingerprint density at radius 2 is 1.85 bits per heavy atom. The molecular weight excluding hydrogens is 246 g/mol. The van der Waals surface area contributed by atoms with E-state index < -0.39 is 0 Å². The minimum atomic E-state index is 0.197. The molecule has 20 heavy (non-hydrogen) atoms. The van der Waals surface area contributed by atoms with E-state index >= 15 is 0 Å². The zero-order valence-electron chi connectivity index (χ0n) is 14.3. The van der Waals surface area contributed by atoms with E-state index in [1.54, 1.807) is 7.11 Å². The Kier molecular flexibility index (Phi) is 6.07. The summed E-state index contributed by atoms with van der Waals surface area (Å²) < 4.78 is 5.67. The zero-order chi connectivity index (χ0) is 15.3. The summed E-state index contributed by atoms with van der Waals surface area (Å²) in [6.45, 7) is 14.5. The first-order valence-electron chi connectivity index (χ1n) is 7.75. The van der Waals surface area contributed by atoms with Gasteiger partial charge in [0.1, 0.15) is 5.75 Å². The minimum Gasteiger partial charge on any atom is -0.496 e. The molecule has 0 aliphatic heterocycles. The summed E-state index contributed by atoms with van der Waals surface area (Å²) in [6.07, 6.45) is 2.27. The zero-order valence-corrected chi connectivity index (χ0v) is 14.3. The quantitative estimate of drug-likeness (QED) is 0.773. The molecule has 0 bridgehead atoms. The molecule has 1 aromatic carbocycles. The van der Waals surface area contributed by atoms with E-state index in [4.69, 9.17) is 4.74 Å². The van der Waals surface area contributed by atoms with Gasteiger partial charge < -0.3 is 10.1 Å². The van der Waals surface area contributed by atoms with Crippen LogP contribution in [0, 0.1) is 19.3 Å². The predicted molar refractivity (Wildman–Crippen MR) is 87.6 cm³/mol. The monoisotopic (exact) mass is 277 g/mol. The van der Waals surface area contributed by atoms with Crippen molar-refractivity contribution in [1.29, 1.82) is 0 Å². The van der Waals surface area contributed by atoms with Crippen molar-refractivity contribution in [2.75, 3.05) is 13.7 Å². The predicted octanol–water partition coefficient (Wildman–Crippen LogP) is 4.79. The number of hydrogen-bond donors (Lipinski definition) is 1. The van der Waals surface area contributed by atoms with Gasteiger partial charge in [-0.05, 0) is 55.8 Å². The Morgan fingerprint density at radius 3 is 2.35 bits per heavy atom. The molecular formula is C18H31NO. The fraction of sp³-hybridized carbons (Fsp3) is 0.667. The molecule has 1 unspecified atom stereocenters. The molecule has 0 spiro atoms. The maximum atomic E-state index is 5.67. The number of aryl methyl sites for hydroxylation is 2. The van der Waals surface area contributed by atoms with Crippen molar-refractivity contribution in [3.63, 3.8) is 0 Å². The van der Waals surface area contributed by atoms with Gasteiger partial charge in [-0.1, -0.05) is 33.8 Å². The van der Waals surface area contributed by atoms with Gasteiger partial charge >= 0.3 is 0 Å². The van der Waals surface area contributed by atoms with Crippen LogP contribution in [0.25, 0.3) is 0 Å². The van der Waals surface area contributed by atoms with Crippen molar-refractivity contribution < 1.29 is 4.74 Å². The van der Waals surface area contributed by atoms with E-state index in [0.717, 1.165) is 25.1 Å². The highest BCUT2D eigenvalue weighted by Gasteiger charge is 2.32. The van der Waals surface area contributed by atoms with Crippen LogP contribution < -0.4 is 10.1 Å². The number of hydrogen-bond acceptors (Lipinski definition) is 2. The summed E-state index contributed by atoms with van der Waals surface area (Å²) >= 11 is 0. The second-order valence-electron chi connectivity index (χ2n) is 6.43. The SMILES string of the molecule is CCCNC(c1c(C)cc(C)cc1OC)C(C)(C)CC. The van der Waals surface area contributed by atoms with Crippen LogP contribution in [0.1, 0.15) is 63.3 Å². The molecule has 1 aromatic rings. The van der Waals surface area contributed by atoms with Crippen molar-refractivity contribution in [2.45, 2.75) is 60.4 Å². The molecule has 114 valence electrons. The molecule has 0 aromatic heterocycles. The third kappa shape index (κ3) is 3.76. The lowest BCUT2D eigenvalue weighted by Gasteiger charge is -2.36. The highest BCUT2D eigenvalue weighted by atomic mass is 16.5. The second kappa shape index (κ2) is 7.12. The van der Waals surface area contributed by atoms with E-state index in [1.165, 1.54) is 16.7 Å². The van der Waals surface area contributed by atoms with E-state index in [-0.39, 0.29) is 5.41 Å². The number of rotatable bonds is 7. The van der Waals surface area contributed by atoms with E-state index in [1.807, 2.05) is 0 Å². The van der Waals surface area contributed by atoms with Crippen LogP contribution in [0.4, 0.5) is 0 Å². The first kappa shape index (κ1) is 17.0. The van der Waals surface area contributed by atoms with Gasteiger partial charge in [-0.25, -0.2) is 0 Å². The number of nitrogens with one attached hydrogen (secondary N) is 1. The molecule has 0 saturated heterocycles. The topological polar surface area (TPSA) is 21.3 Å². The van der Waals surface area contributed by atoms with Gasteiger partial charge in [0.25, 0.3) is 0 Å². The fourth-order valence-corrected chi connectivity index (χ4v) is 2.74. The van der Waals surface area contributed by atoms with Crippen LogP contribution in [-0.2, 0) is 0 Å². The van der Waals surface area contributed by atoms with Gasteiger partial charge in [0.15, 0.2) is 0 Å². The van der Waals surface area contributed by atoms with E-state index in [0.29, 0.717) is 6.04 Å². The van der Waals surface area contributed by atoms with Crippen LogP contribution in [0.15, 0.2) is 12.1 Å². The maximum absolute atomic E-state index is 5.67. The minimum absolute atomic E-state index is 0.197. The molecule has 1 atom stereocenters. The molecule has 1 N–H and O–H groups in total. The highest BCUT2D eigenvalue weighted by molar-refractivity contribution is 5.45. The largest absolute Gasteiger partial charge is 0.496 e. The van der Waals surface area contributed by atoms with Gasteiger partial charge in [-0.3, -0.25) is 0 Å². The second-order valence-corrected chi connectivity index (χ2v) is 6.43. The summed E-state index contributed by atoms with van der Waals surface area (Å²) in [5.74, 6) is 1.01.